The van der Waals surface area contributed by atoms with E-state index >= 15 is 0 Å². The van der Waals surface area contributed by atoms with Gasteiger partial charge in [-0.1, -0.05) is 41.0 Å². The summed E-state index contributed by atoms with van der Waals surface area (Å²) < 4.78 is 18.1. The number of nitrogens with one attached hydrogen (secondary N) is 1. The average Bonchev–Trinajstić information content (AvgIpc) is 3.73. The van der Waals surface area contributed by atoms with E-state index in [1.54, 1.807) is 29.8 Å². The van der Waals surface area contributed by atoms with E-state index in [-0.39, 0.29) is 12.7 Å². The minimum atomic E-state index is -0.255. The topological polar surface area (TPSA) is 104 Å². The van der Waals surface area contributed by atoms with Crippen molar-refractivity contribution in [1.29, 1.82) is 0 Å². The van der Waals surface area contributed by atoms with Gasteiger partial charge in [0.25, 0.3) is 5.91 Å². The molecule has 0 radical (unpaired) electrons. The summed E-state index contributed by atoms with van der Waals surface area (Å²) in [6, 6.07) is 14.5. The number of aromatic nitrogens is 4. The zero-order valence-electron chi connectivity index (χ0n) is 19.4. The molecule has 0 aliphatic carbocycles. The number of carbonyl (C=O) groups excluding carboxylic acids is 1. The molecule has 3 aromatic heterocycles. The van der Waals surface area contributed by atoms with Gasteiger partial charge in [0, 0.05) is 11.9 Å². The van der Waals surface area contributed by atoms with Crippen molar-refractivity contribution in [3.05, 3.63) is 86.5 Å². The Morgan fingerprint density at radius 1 is 1.08 bits per heavy atom. The minimum Gasteiger partial charge on any atom is -0.461 e. The molecular weight excluding hydrogens is 569 g/mol. The second-order valence-electron chi connectivity index (χ2n) is 8.00. The Morgan fingerprint density at radius 2 is 1.97 bits per heavy atom. The number of fused-ring (bicyclic) bond motifs is 1. The lowest BCUT2D eigenvalue weighted by atomic mass is 10.2. The summed E-state index contributed by atoms with van der Waals surface area (Å²) in [6.45, 7) is 0.554. The maximum atomic E-state index is 12.7. The van der Waals surface area contributed by atoms with E-state index in [1.165, 1.54) is 23.1 Å². The number of rotatable bonds is 8. The van der Waals surface area contributed by atoms with Crippen LogP contribution >= 0.6 is 46.3 Å². The quantitative estimate of drug-likeness (QED) is 0.213. The molecule has 1 aliphatic rings. The highest BCUT2D eigenvalue weighted by molar-refractivity contribution is 7.98. The van der Waals surface area contributed by atoms with Gasteiger partial charge in [-0.15, -0.1) is 21.5 Å². The predicted molar refractivity (Wildman–Crippen MR) is 144 cm³/mol. The standard InChI is InChI=1S/C25H17Cl2N5O4S2/c26-16-5-4-15(9-17(16)27)32-23(20-2-1-7-34-20)30-31-25(32)38-12-22-29-18(11-37-22)24(33)28-10-14-3-6-19-21(8-14)36-13-35-19/h1-9,11H,10,12-13H2,(H,28,33). The number of nitrogens with zero attached hydrogens (tertiary/aromatic N) is 4. The molecule has 0 atom stereocenters. The molecule has 13 heteroatoms. The van der Waals surface area contributed by atoms with Gasteiger partial charge in [-0.25, -0.2) is 4.98 Å². The van der Waals surface area contributed by atoms with Crippen LogP contribution in [-0.4, -0.2) is 32.4 Å². The fourth-order valence-electron chi connectivity index (χ4n) is 3.72. The third-order valence-electron chi connectivity index (χ3n) is 5.54. The molecule has 192 valence electrons. The van der Waals surface area contributed by atoms with E-state index in [1.807, 2.05) is 34.9 Å². The third kappa shape index (κ3) is 5.10. The smallest absolute Gasteiger partial charge is 0.271 e. The summed E-state index contributed by atoms with van der Waals surface area (Å²) >= 11 is 15.2. The van der Waals surface area contributed by atoms with Crippen LogP contribution in [0.25, 0.3) is 17.3 Å². The number of amides is 1. The molecule has 0 bridgehead atoms. The molecule has 1 amide bonds. The van der Waals surface area contributed by atoms with Gasteiger partial charge in [-0.3, -0.25) is 9.36 Å². The van der Waals surface area contributed by atoms with Crippen LogP contribution < -0.4 is 14.8 Å². The maximum absolute atomic E-state index is 12.7. The normalized spacial score (nSPS) is 12.2. The van der Waals surface area contributed by atoms with Crippen molar-refractivity contribution >= 4 is 52.2 Å². The number of hydrogen-bond acceptors (Lipinski definition) is 9. The molecule has 2 aromatic carbocycles. The molecule has 0 unspecified atom stereocenters. The van der Waals surface area contributed by atoms with E-state index in [0.717, 1.165) is 16.3 Å². The number of benzene rings is 2. The molecule has 0 saturated carbocycles. The number of ether oxygens (including phenoxy) is 2. The van der Waals surface area contributed by atoms with Gasteiger partial charge in [0.15, 0.2) is 22.4 Å². The average molecular weight is 586 g/mol. The van der Waals surface area contributed by atoms with Crippen LogP contribution in [0.5, 0.6) is 11.5 Å². The molecule has 6 rings (SSSR count). The molecular formula is C25H17Cl2N5O4S2. The van der Waals surface area contributed by atoms with Gasteiger partial charge in [0.05, 0.1) is 27.7 Å². The molecule has 0 saturated heterocycles. The molecule has 1 aliphatic heterocycles. The number of hydrogen-bond donors (Lipinski definition) is 1. The van der Waals surface area contributed by atoms with Crippen LogP contribution in [0.4, 0.5) is 0 Å². The van der Waals surface area contributed by atoms with E-state index < -0.39 is 0 Å². The monoisotopic (exact) mass is 585 g/mol. The molecule has 1 N–H and O–H groups in total. The zero-order chi connectivity index (χ0) is 26.1. The molecule has 9 nitrogen and oxygen atoms in total. The predicted octanol–water partition coefficient (Wildman–Crippen LogP) is 6.24. The Morgan fingerprint density at radius 3 is 2.82 bits per heavy atom. The van der Waals surface area contributed by atoms with E-state index in [2.05, 4.69) is 20.5 Å². The van der Waals surface area contributed by atoms with Gasteiger partial charge in [0.1, 0.15) is 10.7 Å². The van der Waals surface area contributed by atoms with Crippen molar-refractivity contribution < 1.29 is 18.7 Å². The molecule has 4 heterocycles. The van der Waals surface area contributed by atoms with Gasteiger partial charge in [0.2, 0.25) is 12.6 Å². The highest BCUT2D eigenvalue weighted by Crippen LogP contribution is 2.34. The number of carbonyl (C=O) groups is 1. The lowest BCUT2D eigenvalue weighted by Gasteiger charge is -2.10. The first-order chi connectivity index (χ1) is 18.5. The molecule has 0 spiro atoms. The number of thiazole rings is 1. The highest BCUT2D eigenvalue weighted by Gasteiger charge is 2.20. The van der Waals surface area contributed by atoms with Crippen LogP contribution in [-0.2, 0) is 12.3 Å². The number of halogens is 2. The Kier molecular flexibility index (Phi) is 6.98. The zero-order valence-corrected chi connectivity index (χ0v) is 22.5. The Balaban J connectivity index is 1.15. The van der Waals surface area contributed by atoms with E-state index in [4.69, 9.17) is 37.1 Å². The third-order valence-corrected chi connectivity index (χ3v) is 8.25. The lowest BCUT2D eigenvalue weighted by Crippen LogP contribution is -2.23. The number of furan rings is 1. The summed E-state index contributed by atoms with van der Waals surface area (Å²) in [5.74, 6) is 2.69. The fraction of sp³-hybridized carbons (Fsp3) is 0.120. The minimum absolute atomic E-state index is 0.207. The van der Waals surface area contributed by atoms with Crippen LogP contribution in [0.3, 0.4) is 0 Å². The van der Waals surface area contributed by atoms with Crippen LogP contribution in [0.2, 0.25) is 10.0 Å². The molecule has 0 fully saturated rings. The first kappa shape index (κ1) is 24.8. The maximum Gasteiger partial charge on any atom is 0.271 e. The van der Waals surface area contributed by atoms with Gasteiger partial charge in [-0.05, 0) is 48.0 Å². The Labute approximate surface area is 234 Å². The van der Waals surface area contributed by atoms with Crippen molar-refractivity contribution in [3.8, 4) is 28.8 Å². The Hall–Kier alpha value is -3.51. The first-order valence-electron chi connectivity index (χ1n) is 11.2. The van der Waals surface area contributed by atoms with Crippen LogP contribution in [0.1, 0.15) is 21.1 Å². The SMILES string of the molecule is O=C(NCc1ccc2c(c1)OCO2)c1csc(CSc2nnc(-c3ccco3)n2-c2ccc(Cl)c(Cl)c2)n1. The molecule has 38 heavy (non-hydrogen) atoms. The highest BCUT2D eigenvalue weighted by atomic mass is 35.5. The van der Waals surface area contributed by atoms with Gasteiger partial charge >= 0.3 is 0 Å². The summed E-state index contributed by atoms with van der Waals surface area (Å²) in [5, 5.41) is 15.6. The van der Waals surface area contributed by atoms with Crippen LogP contribution in [0.15, 0.2) is 69.7 Å². The summed E-state index contributed by atoms with van der Waals surface area (Å²) in [4.78, 5) is 17.2. The van der Waals surface area contributed by atoms with Crippen molar-refractivity contribution in [3.63, 3.8) is 0 Å². The number of thioether (sulfide) groups is 1. The second kappa shape index (κ2) is 10.7. The summed E-state index contributed by atoms with van der Waals surface area (Å²) in [5.41, 5.74) is 2.00. The molecule has 5 aromatic rings. The summed E-state index contributed by atoms with van der Waals surface area (Å²) in [6.07, 6.45) is 1.57. The lowest BCUT2D eigenvalue weighted by molar-refractivity contribution is 0.0946. The van der Waals surface area contributed by atoms with Crippen molar-refractivity contribution in [2.75, 3.05) is 6.79 Å². The van der Waals surface area contributed by atoms with Crippen molar-refractivity contribution in [2.24, 2.45) is 0 Å². The second-order valence-corrected chi connectivity index (χ2v) is 10.7. The largest absolute Gasteiger partial charge is 0.461 e. The fourth-order valence-corrected chi connectivity index (χ4v) is 5.75. The van der Waals surface area contributed by atoms with Crippen molar-refractivity contribution in [1.82, 2.24) is 25.1 Å². The first-order valence-corrected chi connectivity index (χ1v) is 13.9. The van der Waals surface area contributed by atoms with Gasteiger partial charge in [-0.2, -0.15) is 0 Å². The van der Waals surface area contributed by atoms with E-state index in [9.17, 15) is 4.79 Å². The van der Waals surface area contributed by atoms with E-state index in [0.29, 0.717) is 56.3 Å². The van der Waals surface area contributed by atoms with Gasteiger partial charge < -0.3 is 19.2 Å². The van der Waals surface area contributed by atoms with Crippen molar-refractivity contribution in [2.45, 2.75) is 17.5 Å². The Bertz CT molecular complexity index is 1620. The summed E-state index contributed by atoms with van der Waals surface area (Å²) in [7, 11) is 0. The van der Waals surface area contributed by atoms with Crippen LogP contribution in [0, 0.1) is 0 Å².